The van der Waals surface area contributed by atoms with E-state index in [0.717, 1.165) is 0 Å². The maximum absolute atomic E-state index is 13.9. The molecule has 0 aliphatic carbocycles. The lowest BCUT2D eigenvalue weighted by atomic mass is 10.1. The molecule has 0 fully saturated rings. The van der Waals surface area contributed by atoms with Crippen LogP contribution in [0.2, 0.25) is 0 Å². The Morgan fingerprint density at radius 2 is 2.05 bits per heavy atom. The standard InChI is InChI=1S/C14H19FO4/c1-9(2)19-13-8-11(15)10(7-12(13)18-3)5-4-6-14(16)17/h7-9H,4-6H2,1-3H3,(H,16,17). The van der Waals surface area contributed by atoms with Crippen molar-refractivity contribution in [2.45, 2.75) is 39.2 Å². The van der Waals surface area contributed by atoms with Crippen LogP contribution in [0.5, 0.6) is 11.5 Å². The molecule has 0 saturated heterocycles. The van der Waals surface area contributed by atoms with Gasteiger partial charge in [-0.05, 0) is 38.3 Å². The van der Waals surface area contributed by atoms with Crippen molar-refractivity contribution < 1.29 is 23.8 Å². The number of halogens is 1. The fourth-order valence-corrected chi connectivity index (χ4v) is 1.70. The van der Waals surface area contributed by atoms with Crippen molar-refractivity contribution in [3.63, 3.8) is 0 Å². The van der Waals surface area contributed by atoms with E-state index in [0.29, 0.717) is 29.9 Å². The summed E-state index contributed by atoms with van der Waals surface area (Å²) in [6.07, 6.45) is 0.688. The molecule has 0 radical (unpaired) electrons. The van der Waals surface area contributed by atoms with Crippen LogP contribution in [-0.2, 0) is 11.2 Å². The number of benzene rings is 1. The Labute approximate surface area is 112 Å². The van der Waals surface area contributed by atoms with Crippen LogP contribution in [0.4, 0.5) is 4.39 Å². The van der Waals surface area contributed by atoms with Crippen molar-refractivity contribution in [2.75, 3.05) is 7.11 Å². The summed E-state index contributed by atoms with van der Waals surface area (Å²) in [4.78, 5) is 10.4. The smallest absolute Gasteiger partial charge is 0.303 e. The topological polar surface area (TPSA) is 55.8 Å². The summed E-state index contributed by atoms with van der Waals surface area (Å²) in [5.74, 6) is -0.466. The molecule has 0 unspecified atom stereocenters. The van der Waals surface area contributed by atoms with Crippen LogP contribution in [0.25, 0.3) is 0 Å². The zero-order valence-electron chi connectivity index (χ0n) is 11.4. The van der Waals surface area contributed by atoms with Gasteiger partial charge >= 0.3 is 5.97 Å². The third-order valence-electron chi connectivity index (χ3n) is 2.53. The van der Waals surface area contributed by atoms with Gasteiger partial charge in [0.05, 0.1) is 13.2 Å². The Hall–Kier alpha value is -1.78. The molecular formula is C14H19FO4. The zero-order chi connectivity index (χ0) is 14.4. The number of hydrogen-bond donors (Lipinski definition) is 1. The molecule has 1 aromatic carbocycles. The third-order valence-corrected chi connectivity index (χ3v) is 2.53. The highest BCUT2D eigenvalue weighted by atomic mass is 19.1. The number of ether oxygens (including phenoxy) is 2. The molecule has 0 heterocycles. The van der Waals surface area contributed by atoms with E-state index in [1.807, 2.05) is 13.8 Å². The monoisotopic (exact) mass is 270 g/mol. The van der Waals surface area contributed by atoms with Gasteiger partial charge in [0.1, 0.15) is 5.82 Å². The van der Waals surface area contributed by atoms with E-state index >= 15 is 0 Å². The molecule has 1 N–H and O–H groups in total. The number of carboxylic acid groups (broad SMARTS) is 1. The van der Waals surface area contributed by atoms with Crippen molar-refractivity contribution in [1.29, 1.82) is 0 Å². The quantitative estimate of drug-likeness (QED) is 0.827. The second-order valence-corrected chi connectivity index (χ2v) is 4.51. The van der Waals surface area contributed by atoms with E-state index in [1.165, 1.54) is 13.2 Å². The van der Waals surface area contributed by atoms with E-state index < -0.39 is 11.8 Å². The van der Waals surface area contributed by atoms with Crippen LogP contribution in [-0.4, -0.2) is 24.3 Å². The van der Waals surface area contributed by atoms with Crippen LogP contribution >= 0.6 is 0 Å². The molecule has 0 atom stereocenters. The maximum atomic E-state index is 13.9. The summed E-state index contributed by atoms with van der Waals surface area (Å²) in [6, 6.07) is 2.85. The van der Waals surface area contributed by atoms with Gasteiger partial charge < -0.3 is 14.6 Å². The molecule has 19 heavy (non-hydrogen) atoms. The summed E-state index contributed by atoms with van der Waals surface area (Å²) >= 11 is 0. The average Bonchev–Trinajstić information content (AvgIpc) is 2.30. The van der Waals surface area contributed by atoms with Gasteiger partial charge in [-0.1, -0.05) is 0 Å². The normalized spacial score (nSPS) is 10.6. The molecule has 0 spiro atoms. The van der Waals surface area contributed by atoms with E-state index in [4.69, 9.17) is 14.6 Å². The molecule has 0 amide bonds. The Morgan fingerprint density at radius 3 is 2.58 bits per heavy atom. The van der Waals surface area contributed by atoms with E-state index in [-0.39, 0.29) is 12.5 Å². The summed E-state index contributed by atoms with van der Waals surface area (Å²) in [5.41, 5.74) is 0.439. The number of aryl methyl sites for hydroxylation is 1. The maximum Gasteiger partial charge on any atom is 0.303 e. The van der Waals surface area contributed by atoms with Crippen molar-refractivity contribution in [3.8, 4) is 11.5 Å². The van der Waals surface area contributed by atoms with Gasteiger partial charge in [0, 0.05) is 12.5 Å². The second kappa shape index (κ2) is 6.97. The molecule has 5 heteroatoms. The molecule has 0 aliphatic heterocycles. The van der Waals surface area contributed by atoms with Crippen LogP contribution in [0.1, 0.15) is 32.3 Å². The first-order valence-electron chi connectivity index (χ1n) is 6.19. The van der Waals surface area contributed by atoms with E-state index in [2.05, 4.69) is 0 Å². The highest BCUT2D eigenvalue weighted by Gasteiger charge is 2.13. The molecule has 1 rings (SSSR count). The van der Waals surface area contributed by atoms with E-state index in [1.54, 1.807) is 6.07 Å². The molecule has 0 aromatic heterocycles. The van der Waals surface area contributed by atoms with Crippen LogP contribution < -0.4 is 9.47 Å². The Morgan fingerprint density at radius 1 is 1.37 bits per heavy atom. The van der Waals surface area contributed by atoms with Gasteiger partial charge in [-0.15, -0.1) is 0 Å². The van der Waals surface area contributed by atoms with Gasteiger partial charge in [-0.2, -0.15) is 0 Å². The molecule has 0 bridgehead atoms. The second-order valence-electron chi connectivity index (χ2n) is 4.51. The van der Waals surface area contributed by atoms with Gasteiger partial charge in [0.25, 0.3) is 0 Å². The number of carboxylic acids is 1. The SMILES string of the molecule is COc1cc(CCCC(=O)O)c(F)cc1OC(C)C. The molecule has 106 valence electrons. The van der Waals surface area contributed by atoms with Crippen LogP contribution in [0, 0.1) is 5.82 Å². The van der Waals surface area contributed by atoms with Crippen molar-refractivity contribution >= 4 is 5.97 Å². The van der Waals surface area contributed by atoms with Crippen LogP contribution in [0.3, 0.4) is 0 Å². The number of methoxy groups -OCH3 is 1. The highest BCUT2D eigenvalue weighted by Crippen LogP contribution is 2.31. The van der Waals surface area contributed by atoms with Gasteiger partial charge in [-0.3, -0.25) is 4.79 Å². The zero-order valence-corrected chi connectivity index (χ0v) is 11.4. The number of hydrogen-bond acceptors (Lipinski definition) is 3. The lowest BCUT2D eigenvalue weighted by Crippen LogP contribution is -2.08. The summed E-state index contributed by atoms with van der Waals surface area (Å²) in [7, 11) is 1.49. The Bertz CT molecular complexity index is 443. The first kappa shape index (κ1) is 15.3. The summed E-state index contributed by atoms with van der Waals surface area (Å²) in [6.45, 7) is 3.69. The molecule has 1 aromatic rings. The Balaban J connectivity index is 2.86. The first-order valence-corrected chi connectivity index (χ1v) is 6.19. The minimum absolute atomic E-state index is 0.0198. The summed E-state index contributed by atoms with van der Waals surface area (Å²) < 4.78 is 24.5. The van der Waals surface area contributed by atoms with Crippen molar-refractivity contribution in [2.24, 2.45) is 0 Å². The minimum atomic E-state index is -0.882. The largest absolute Gasteiger partial charge is 0.493 e. The summed E-state index contributed by atoms with van der Waals surface area (Å²) in [5, 5.41) is 8.57. The fraction of sp³-hybridized carbons (Fsp3) is 0.500. The van der Waals surface area contributed by atoms with Gasteiger partial charge in [0.15, 0.2) is 11.5 Å². The minimum Gasteiger partial charge on any atom is -0.493 e. The number of carbonyl (C=O) groups is 1. The number of rotatable bonds is 7. The first-order chi connectivity index (χ1) is 8.93. The molecular weight excluding hydrogens is 251 g/mol. The lowest BCUT2D eigenvalue weighted by molar-refractivity contribution is -0.137. The molecule has 4 nitrogen and oxygen atoms in total. The van der Waals surface area contributed by atoms with Gasteiger partial charge in [-0.25, -0.2) is 4.39 Å². The Kier molecular flexibility index (Phi) is 5.60. The predicted molar refractivity (Wildman–Crippen MR) is 69.3 cm³/mol. The third kappa shape index (κ3) is 4.77. The highest BCUT2D eigenvalue weighted by molar-refractivity contribution is 5.66. The fourth-order valence-electron chi connectivity index (χ4n) is 1.70. The predicted octanol–water partition coefficient (Wildman–Crippen LogP) is 3.03. The van der Waals surface area contributed by atoms with Gasteiger partial charge in [0.2, 0.25) is 0 Å². The van der Waals surface area contributed by atoms with E-state index in [9.17, 15) is 9.18 Å². The lowest BCUT2D eigenvalue weighted by Gasteiger charge is -2.15. The van der Waals surface area contributed by atoms with Crippen LogP contribution in [0.15, 0.2) is 12.1 Å². The average molecular weight is 270 g/mol. The number of aliphatic carboxylic acids is 1. The van der Waals surface area contributed by atoms with Crippen molar-refractivity contribution in [1.82, 2.24) is 0 Å². The molecule has 0 aliphatic rings. The molecule has 0 saturated carbocycles. The van der Waals surface area contributed by atoms with Crippen molar-refractivity contribution in [3.05, 3.63) is 23.5 Å².